The second kappa shape index (κ2) is 10.0. The average Bonchev–Trinajstić information content (AvgIpc) is 3.25. The number of piperazine rings is 1. The third-order valence-corrected chi connectivity index (χ3v) is 6.75. The van der Waals surface area contributed by atoms with Gasteiger partial charge in [0.2, 0.25) is 0 Å². The van der Waals surface area contributed by atoms with E-state index in [1.54, 1.807) is 0 Å². The van der Waals surface area contributed by atoms with Crippen molar-refractivity contribution < 1.29 is 8.78 Å². The molecule has 6 heteroatoms. The van der Waals surface area contributed by atoms with Gasteiger partial charge in [-0.25, -0.2) is 13.8 Å². The van der Waals surface area contributed by atoms with Gasteiger partial charge in [0.1, 0.15) is 11.6 Å². The lowest BCUT2D eigenvalue weighted by atomic mass is 9.96. The van der Waals surface area contributed by atoms with Gasteiger partial charge in [0.05, 0.1) is 23.4 Å². The van der Waals surface area contributed by atoms with Crippen molar-refractivity contribution in [2.45, 2.75) is 19.5 Å². The van der Waals surface area contributed by atoms with E-state index < -0.39 is 0 Å². The van der Waals surface area contributed by atoms with E-state index in [1.165, 1.54) is 29.8 Å². The molecule has 3 aromatic carbocycles. The molecule has 4 nitrogen and oxygen atoms in total. The van der Waals surface area contributed by atoms with Crippen LogP contribution in [0.3, 0.4) is 0 Å². The zero-order valence-electron chi connectivity index (χ0n) is 19.4. The van der Waals surface area contributed by atoms with Crippen LogP contribution >= 0.6 is 0 Å². The maximum Gasteiger partial charge on any atom is 0.123 e. The van der Waals surface area contributed by atoms with E-state index in [4.69, 9.17) is 0 Å². The fourth-order valence-electron chi connectivity index (χ4n) is 5.10. The number of imidazole rings is 1. The summed E-state index contributed by atoms with van der Waals surface area (Å²) < 4.78 is 29.4. The van der Waals surface area contributed by atoms with Gasteiger partial charge in [0, 0.05) is 39.3 Å². The minimum Gasteiger partial charge on any atom is -0.330 e. The molecular formula is C28H30F2N4. The van der Waals surface area contributed by atoms with E-state index in [-0.39, 0.29) is 17.7 Å². The van der Waals surface area contributed by atoms with Crippen LogP contribution in [0.4, 0.5) is 8.78 Å². The van der Waals surface area contributed by atoms with Crippen molar-refractivity contribution in [3.8, 4) is 0 Å². The summed E-state index contributed by atoms with van der Waals surface area (Å²) >= 11 is 0. The number of rotatable bonds is 7. The van der Waals surface area contributed by atoms with Crippen LogP contribution in [0.5, 0.6) is 0 Å². The maximum atomic E-state index is 13.6. The summed E-state index contributed by atoms with van der Waals surface area (Å²) in [5, 5.41) is 0. The summed E-state index contributed by atoms with van der Waals surface area (Å²) in [6.07, 6.45) is 1.94. The molecule has 1 unspecified atom stereocenters. The third kappa shape index (κ3) is 5.03. The van der Waals surface area contributed by atoms with Crippen LogP contribution in [0, 0.1) is 17.6 Å². The molecule has 0 spiro atoms. The van der Waals surface area contributed by atoms with Crippen molar-refractivity contribution in [3.63, 3.8) is 0 Å². The molecule has 5 rings (SSSR count). The minimum atomic E-state index is -0.244. The molecule has 2 heterocycles. The SMILES string of the molecule is CC(CN1CCN(C(c2ccc(F)cc2)c2ccc(F)cc2)CC1)Cn1cnc2ccccc21. The Morgan fingerprint density at radius 3 is 1.97 bits per heavy atom. The molecule has 1 aromatic heterocycles. The minimum absolute atomic E-state index is 0.0157. The molecule has 0 aliphatic carbocycles. The number of para-hydroxylation sites is 2. The topological polar surface area (TPSA) is 24.3 Å². The van der Waals surface area contributed by atoms with Crippen molar-refractivity contribution >= 4 is 11.0 Å². The summed E-state index contributed by atoms with van der Waals surface area (Å²) in [6, 6.07) is 21.6. The molecule has 1 saturated heterocycles. The summed E-state index contributed by atoms with van der Waals surface area (Å²) in [7, 11) is 0. The Kier molecular flexibility index (Phi) is 6.70. The van der Waals surface area contributed by atoms with Crippen molar-refractivity contribution in [2.24, 2.45) is 5.92 Å². The third-order valence-electron chi connectivity index (χ3n) is 6.75. The van der Waals surface area contributed by atoms with Crippen molar-refractivity contribution in [1.29, 1.82) is 0 Å². The van der Waals surface area contributed by atoms with Gasteiger partial charge in [0.15, 0.2) is 0 Å². The first-order valence-corrected chi connectivity index (χ1v) is 11.9. The standard InChI is InChI=1S/C28H30F2N4/c1-21(19-34-20-31-26-4-2-3-5-27(26)34)18-32-14-16-33(17-15-32)28(22-6-10-24(29)11-7-22)23-8-12-25(30)13-9-23/h2-13,20-21,28H,14-19H2,1H3. The number of halogens is 2. The fraction of sp³-hybridized carbons (Fsp3) is 0.321. The summed E-state index contributed by atoms with van der Waals surface area (Å²) in [5.41, 5.74) is 4.28. The highest BCUT2D eigenvalue weighted by molar-refractivity contribution is 5.74. The average molecular weight is 461 g/mol. The Labute approximate surface area is 199 Å². The Hall–Kier alpha value is -3.09. The molecule has 1 fully saturated rings. The second-order valence-electron chi connectivity index (χ2n) is 9.33. The predicted molar refractivity (Wildman–Crippen MR) is 132 cm³/mol. The van der Waals surface area contributed by atoms with Crippen LogP contribution in [-0.2, 0) is 6.54 Å². The number of hydrogen-bond donors (Lipinski definition) is 0. The van der Waals surface area contributed by atoms with Crippen LogP contribution in [0.15, 0.2) is 79.1 Å². The van der Waals surface area contributed by atoms with Gasteiger partial charge in [-0.1, -0.05) is 43.3 Å². The number of fused-ring (bicyclic) bond motifs is 1. The first-order valence-electron chi connectivity index (χ1n) is 11.9. The molecule has 34 heavy (non-hydrogen) atoms. The van der Waals surface area contributed by atoms with Gasteiger partial charge < -0.3 is 9.47 Å². The van der Waals surface area contributed by atoms with Crippen LogP contribution in [-0.4, -0.2) is 52.1 Å². The molecule has 0 radical (unpaired) electrons. The zero-order chi connectivity index (χ0) is 23.5. The molecule has 0 bridgehead atoms. The number of hydrogen-bond acceptors (Lipinski definition) is 3. The fourth-order valence-corrected chi connectivity index (χ4v) is 5.10. The van der Waals surface area contributed by atoms with E-state index in [2.05, 4.69) is 38.4 Å². The van der Waals surface area contributed by atoms with Crippen LogP contribution in [0.25, 0.3) is 11.0 Å². The quantitative estimate of drug-likeness (QED) is 0.371. The lowest BCUT2D eigenvalue weighted by Gasteiger charge is -2.40. The van der Waals surface area contributed by atoms with Crippen molar-refractivity contribution in [2.75, 3.05) is 32.7 Å². The maximum absolute atomic E-state index is 13.6. The van der Waals surface area contributed by atoms with Gasteiger partial charge in [-0.2, -0.15) is 0 Å². The van der Waals surface area contributed by atoms with Gasteiger partial charge in [0.25, 0.3) is 0 Å². The number of aromatic nitrogens is 2. The first-order chi connectivity index (χ1) is 16.6. The zero-order valence-corrected chi connectivity index (χ0v) is 19.4. The van der Waals surface area contributed by atoms with E-state index in [0.717, 1.165) is 55.9 Å². The monoisotopic (exact) mass is 460 g/mol. The molecule has 1 aliphatic heterocycles. The van der Waals surface area contributed by atoms with E-state index >= 15 is 0 Å². The van der Waals surface area contributed by atoms with Crippen molar-refractivity contribution in [3.05, 3.63) is 102 Å². The van der Waals surface area contributed by atoms with Crippen LogP contribution in [0.2, 0.25) is 0 Å². The highest BCUT2D eigenvalue weighted by Gasteiger charge is 2.27. The van der Waals surface area contributed by atoms with Crippen LogP contribution < -0.4 is 0 Å². The predicted octanol–water partition coefficient (Wildman–Crippen LogP) is 5.36. The largest absolute Gasteiger partial charge is 0.330 e. The molecule has 176 valence electrons. The summed E-state index contributed by atoms with van der Waals surface area (Å²) in [6.45, 7) is 8.00. The lowest BCUT2D eigenvalue weighted by Crippen LogP contribution is -2.49. The lowest BCUT2D eigenvalue weighted by molar-refractivity contribution is 0.0973. The smallest absolute Gasteiger partial charge is 0.123 e. The molecule has 0 amide bonds. The Balaban J connectivity index is 1.24. The molecule has 4 aromatic rings. The van der Waals surface area contributed by atoms with E-state index in [1.807, 2.05) is 42.7 Å². The molecule has 0 N–H and O–H groups in total. The van der Waals surface area contributed by atoms with E-state index in [0.29, 0.717) is 5.92 Å². The van der Waals surface area contributed by atoms with Gasteiger partial charge in [-0.05, 0) is 53.4 Å². The number of benzene rings is 3. The number of nitrogens with zero attached hydrogens (tertiary/aromatic N) is 4. The normalized spacial score (nSPS) is 16.4. The highest BCUT2D eigenvalue weighted by atomic mass is 19.1. The van der Waals surface area contributed by atoms with E-state index in [9.17, 15) is 8.78 Å². The summed E-state index contributed by atoms with van der Waals surface area (Å²) in [4.78, 5) is 9.45. The van der Waals surface area contributed by atoms with Gasteiger partial charge in [-0.3, -0.25) is 4.90 Å². The summed E-state index contributed by atoms with van der Waals surface area (Å²) in [5.74, 6) is 0.00585. The van der Waals surface area contributed by atoms with Crippen molar-refractivity contribution in [1.82, 2.24) is 19.4 Å². The first kappa shape index (κ1) is 22.7. The Bertz CT molecular complexity index is 1170. The second-order valence-corrected chi connectivity index (χ2v) is 9.33. The Morgan fingerprint density at radius 2 is 1.35 bits per heavy atom. The molecule has 1 aliphatic rings. The van der Waals surface area contributed by atoms with Crippen LogP contribution in [0.1, 0.15) is 24.1 Å². The Morgan fingerprint density at radius 1 is 0.765 bits per heavy atom. The van der Waals surface area contributed by atoms with Gasteiger partial charge >= 0.3 is 0 Å². The van der Waals surface area contributed by atoms with Gasteiger partial charge in [-0.15, -0.1) is 0 Å². The molecule has 1 atom stereocenters. The molecular weight excluding hydrogens is 430 g/mol. The highest BCUT2D eigenvalue weighted by Crippen LogP contribution is 2.30. The molecule has 0 saturated carbocycles.